The van der Waals surface area contributed by atoms with E-state index in [2.05, 4.69) is 52.0 Å². The molecule has 0 saturated heterocycles. The first kappa shape index (κ1) is 8.68. The van der Waals surface area contributed by atoms with E-state index >= 15 is 0 Å². The van der Waals surface area contributed by atoms with Gasteiger partial charge in [0.15, 0.2) is 0 Å². The van der Waals surface area contributed by atoms with E-state index in [0.717, 1.165) is 11.4 Å². The Morgan fingerprint density at radius 2 is 2.13 bits per heavy atom. The Bertz CT molecular complexity index is 493. The smallest absolute Gasteiger partial charge is 0.102 e. The maximum absolute atomic E-state index is 4.32. The summed E-state index contributed by atoms with van der Waals surface area (Å²) >= 11 is 1.71. The minimum atomic E-state index is 0.367. The third-order valence-electron chi connectivity index (χ3n) is 2.48. The maximum atomic E-state index is 4.32. The molecule has 0 radical (unpaired) electrons. The fourth-order valence-corrected chi connectivity index (χ4v) is 2.38. The van der Waals surface area contributed by atoms with Gasteiger partial charge in [-0.3, -0.25) is 5.10 Å². The fraction of sp³-hybridized carbons (Fsp3) is 0.0833. The second kappa shape index (κ2) is 3.51. The second-order valence-corrected chi connectivity index (χ2v) is 4.43. The van der Waals surface area contributed by atoms with Gasteiger partial charge in [-0.2, -0.15) is 5.10 Å². The first-order valence-corrected chi connectivity index (χ1v) is 5.75. The molecule has 1 N–H and O–H groups in total. The lowest BCUT2D eigenvalue weighted by Crippen LogP contribution is -1.87. The van der Waals surface area contributed by atoms with Gasteiger partial charge in [-0.1, -0.05) is 30.4 Å². The van der Waals surface area contributed by atoms with Crippen molar-refractivity contribution in [2.24, 2.45) is 0 Å². The van der Waals surface area contributed by atoms with E-state index in [-0.39, 0.29) is 0 Å². The SMILES string of the molecule is C1=CC(c2cc(-c3cccs3)n[nH]2)C=C1. The summed E-state index contributed by atoms with van der Waals surface area (Å²) in [6, 6.07) is 6.26. The van der Waals surface area contributed by atoms with Crippen LogP contribution in [0.4, 0.5) is 0 Å². The average Bonchev–Trinajstić information content (AvgIpc) is 3.02. The molecule has 2 aromatic rings. The first-order valence-electron chi connectivity index (χ1n) is 4.88. The molecule has 0 aliphatic heterocycles. The Labute approximate surface area is 92.0 Å². The number of allylic oxidation sites excluding steroid dienone is 4. The first-order chi connectivity index (χ1) is 7.43. The Kier molecular flexibility index (Phi) is 2.03. The predicted octanol–water partition coefficient (Wildman–Crippen LogP) is 3.35. The quantitative estimate of drug-likeness (QED) is 0.816. The molecule has 1 aliphatic carbocycles. The molecule has 3 rings (SSSR count). The highest BCUT2D eigenvalue weighted by Crippen LogP contribution is 2.27. The lowest BCUT2D eigenvalue weighted by atomic mass is 10.1. The average molecular weight is 214 g/mol. The number of H-pyrrole nitrogens is 1. The molecule has 0 saturated carbocycles. The molecule has 3 heteroatoms. The number of thiophene rings is 1. The molecule has 0 aromatic carbocycles. The van der Waals surface area contributed by atoms with Gasteiger partial charge in [-0.25, -0.2) is 0 Å². The van der Waals surface area contributed by atoms with Gasteiger partial charge in [0, 0.05) is 11.6 Å². The van der Waals surface area contributed by atoms with E-state index in [1.165, 1.54) is 4.88 Å². The number of rotatable bonds is 2. The van der Waals surface area contributed by atoms with Crippen LogP contribution in [0.25, 0.3) is 10.6 Å². The van der Waals surface area contributed by atoms with Gasteiger partial charge in [0.2, 0.25) is 0 Å². The normalized spacial score (nSPS) is 15.2. The van der Waals surface area contributed by atoms with Crippen molar-refractivity contribution in [3.8, 4) is 10.6 Å². The monoisotopic (exact) mass is 214 g/mol. The van der Waals surface area contributed by atoms with Gasteiger partial charge >= 0.3 is 0 Å². The molecular formula is C12H10N2S. The topological polar surface area (TPSA) is 28.7 Å². The van der Waals surface area contributed by atoms with Crippen LogP contribution in [-0.2, 0) is 0 Å². The third kappa shape index (κ3) is 1.55. The van der Waals surface area contributed by atoms with Crippen LogP contribution in [-0.4, -0.2) is 10.2 Å². The molecular weight excluding hydrogens is 204 g/mol. The van der Waals surface area contributed by atoms with Crippen molar-refractivity contribution in [1.29, 1.82) is 0 Å². The molecule has 15 heavy (non-hydrogen) atoms. The van der Waals surface area contributed by atoms with Crippen molar-refractivity contribution in [1.82, 2.24) is 10.2 Å². The zero-order chi connectivity index (χ0) is 10.1. The van der Waals surface area contributed by atoms with Crippen molar-refractivity contribution >= 4 is 11.3 Å². The Morgan fingerprint density at radius 1 is 1.27 bits per heavy atom. The number of hydrogen-bond acceptors (Lipinski definition) is 2. The number of aromatic amines is 1. The second-order valence-electron chi connectivity index (χ2n) is 3.48. The Hall–Kier alpha value is -1.61. The molecule has 0 amide bonds. The van der Waals surface area contributed by atoms with Crippen molar-refractivity contribution in [2.75, 3.05) is 0 Å². The summed E-state index contributed by atoms with van der Waals surface area (Å²) in [6.45, 7) is 0. The molecule has 0 atom stereocenters. The third-order valence-corrected chi connectivity index (χ3v) is 3.37. The summed E-state index contributed by atoms with van der Waals surface area (Å²) in [5.41, 5.74) is 2.19. The zero-order valence-electron chi connectivity index (χ0n) is 8.05. The molecule has 1 aliphatic rings. The van der Waals surface area contributed by atoms with Crippen molar-refractivity contribution < 1.29 is 0 Å². The molecule has 74 valence electrons. The van der Waals surface area contributed by atoms with E-state index in [9.17, 15) is 0 Å². The van der Waals surface area contributed by atoms with Crippen LogP contribution in [0, 0.1) is 0 Å². The number of nitrogens with one attached hydrogen (secondary N) is 1. The Balaban J connectivity index is 1.94. The predicted molar refractivity (Wildman–Crippen MR) is 62.9 cm³/mol. The highest BCUT2D eigenvalue weighted by Gasteiger charge is 2.11. The van der Waals surface area contributed by atoms with Gasteiger partial charge in [0.25, 0.3) is 0 Å². The Morgan fingerprint density at radius 3 is 2.87 bits per heavy atom. The minimum absolute atomic E-state index is 0.367. The van der Waals surface area contributed by atoms with E-state index in [1.54, 1.807) is 11.3 Å². The van der Waals surface area contributed by atoms with Crippen LogP contribution < -0.4 is 0 Å². The fourth-order valence-electron chi connectivity index (χ4n) is 1.70. The van der Waals surface area contributed by atoms with Crippen molar-refractivity contribution in [2.45, 2.75) is 5.92 Å². The summed E-state index contributed by atoms with van der Waals surface area (Å²) in [5, 5.41) is 9.48. The molecule has 0 unspecified atom stereocenters. The molecule has 0 fully saturated rings. The molecule has 0 spiro atoms. The van der Waals surface area contributed by atoms with E-state index in [1.807, 2.05) is 6.07 Å². The zero-order valence-corrected chi connectivity index (χ0v) is 8.87. The van der Waals surface area contributed by atoms with Crippen LogP contribution in [0.15, 0.2) is 47.9 Å². The van der Waals surface area contributed by atoms with E-state index in [0.29, 0.717) is 5.92 Å². The van der Waals surface area contributed by atoms with Crippen LogP contribution in [0.5, 0.6) is 0 Å². The summed E-state index contributed by atoms with van der Waals surface area (Å²) in [4.78, 5) is 1.21. The summed E-state index contributed by atoms with van der Waals surface area (Å²) in [6.07, 6.45) is 8.45. The van der Waals surface area contributed by atoms with Gasteiger partial charge < -0.3 is 0 Å². The van der Waals surface area contributed by atoms with Gasteiger partial charge in [-0.15, -0.1) is 11.3 Å². The van der Waals surface area contributed by atoms with E-state index in [4.69, 9.17) is 0 Å². The molecule has 2 heterocycles. The summed E-state index contributed by atoms with van der Waals surface area (Å²) in [7, 11) is 0. The van der Waals surface area contributed by atoms with Gasteiger partial charge in [0.05, 0.1) is 4.88 Å². The number of nitrogens with zero attached hydrogens (tertiary/aromatic N) is 1. The van der Waals surface area contributed by atoms with Crippen LogP contribution in [0.2, 0.25) is 0 Å². The lowest BCUT2D eigenvalue weighted by molar-refractivity contribution is 0.957. The maximum Gasteiger partial charge on any atom is 0.102 e. The summed E-state index contributed by atoms with van der Waals surface area (Å²) < 4.78 is 0. The standard InChI is InChI=1S/C12H10N2S/c1-2-5-9(4-1)10-8-11(14-13-10)12-6-3-7-15-12/h1-9H,(H,13,14). The van der Waals surface area contributed by atoms with E-state index < -0.39 is 0 Å². The van der Waals surface area contributed by atoms with Crippen molar-refractivity contribution in [3.63, 3.8) is 0 Å². The molecule has 2 nitrogen and oxygen atoms in total. The highest BCUT2D eigenvalue weighted by atomic mass is 32.1. The van der Waals surface area contributed by atoms with Crippen molar-refractivity contribution in [3.05, 3.63) is 53.6 Å². The van der Waals surface area contributed by atoms with Crippen LogP contribution in [0.1, 0.15) is 11.6 Å². The van der Waals surface area contributed by atoms with Gasteiger partial charge in [0.1, 0.15) is 5.69 Å². The number of hydrogen-bond donors (Lipinski definition) is 1. The molecule has 0 bridgehead atoms. The lowest BCUT2D eigenvalue weighted by Gasteiger charge is -1.98. The summed E-state index contributed by atoms with van der Waals surface area (Å²) in [5.74, 6) is 0.367. The van der Waals surface area contributed by atoms with Crippen LogP contribution >= 0.6 is 11.3 Å². The van der Waals surface area contributed by atoms with Gasteiger partial charge in [-0.05, 0) is 17.5 Å². The largest absolute Gasteiger partial charge is 0.281 e. The minimum Gasteiger partial charge on any atom is -0.281 e. The number of aromatic nitrogens is 2. The molecule has 2 aromatic heterocycles. The highest BCUT2D eigenvalue weighted by molar-refractivity contribution is 7.13. The van der Waals surface area contributed by atoms with Crippen LogP contribution in [0.3, 0.4) is 0 Å².